The number of ether oxygens (including phenoxy) is 1. The normalized spacial score (nSPS) is 12.9. The van der Waals surface area contributed by atoms with Gasteiger partial charge in [-0.05, 0) is 35.5 Å². The zero-order chi connectivity index (χ0) is 15.4. The minimum absolute atomic E-state index is 0. The number of hydrogen-bond donors (Lipinski definition) is 2. The van der Waals surface area contributed by atoms with E-state index in [4.69, 9.17) is 10.5 Å². The number of carbonyl (C=O) groups is 1. The Bertz CT molecular complexity index is 617. The molecule has 0 aliphatic carbocycles. The molecule has 2 aromatic rings. The van der Waals surface area contributed by atoms with E-state index < -0.39 is 0 Å². The number of rotatable bonds is 5. The zero-order valence-corrected chi connectivity index (χ0v) is 13.4. The van der Waals surface area contributed by atoms with Crippen molar-refractivity contribution in [3.05, 3.63) is 24.5 Å². The van der Waals surface area contributed by atoms with Crippen LogP contribution in [0, 0.1) is 5.92 Å². The van der Waals surface area contributed by atoms with Crippen LogP contribution >= 0.6 is 12.4 Å². The fourth-order valence-corrected chi connectivity index (χ4v) is 1.71. The molecule has 0 fully saturated rings. The van der Waals surface area contributed by atoms with Gasteiger partial charge in [0.2, 0.25) is 5.91 Å². The van der Waals surface area contributed by atoms with Crippen LogP contribution < -0.4 is 15.8 Å². The minimum Gasteiger partial charge on any atom is -0.494 e. The predicted molar refractivity (Wildman–Crippen MR) is 84.4 cm³/mol. The van der Waals surface area contributed by atoms with Crippen molar-refractivity contribution in [2.45, 2.75) is 19.9 Å². The lowest BCUT2D eigenvalue weighted by molar-refractivity contribution is -0.119. The van der Waals surface area contributed by atoms with E-state index in [-0.39, 0.29) is 30.3 Å². The van der Waals surface area contributed by atoms with E-state index in [0.717, 1.165) is 0 Å². The first-order valence-corrected chi connectivity index (χ1v) is 6.50. The molecule has 22 heavy (non-hydrogen) atoms. The number of carbonyl (C=O) groups excluding carboxylic acids is 1. The molecule has 0 aliphatic heterocycles. The third-order valence-corrected chi connectivity index (χ3v) is 3.24. The molecule has 0 bridgehead atoms. The van der Waals surface area contributed by atoms with E-state index in [1.165, 1.54) is 11.0 Å². The fraction of sp³-hybridized carbons (Fsp3) is 0.385. The monoisotopic (exact) mass is 326 g/mol. The van der Waals surface area contributed by atoms with Crippen LogP contribution in [0.15, 0.2) is 24.5 Å². The molecule has 1 amide bonds. The van der Waals surface area contributed by atoms with Crippen LogP contribution in [0.1, 0.15) is 13.8 Å². The van der Waals surface area contributed by atoms with Gasteiger partial charge in [0.05, 0.1) is 13.0 Å². The molecule has 1 aromatic carbocycles. The number of hydrogen-bond acceptors (Lipinski definition) is 6. The predicted octanol–water partition coefficient (Wildman–Crippen LogP) is 1.01. The molecule has 0 radical (unpaired) electrons. The van der Waals surface area contributed by atoms with E-state index in [2.05, 4.69) is 20.8 Å². The molecule has 0 aliphatic rings. The molecule has 0 saturated heterocycles. The van der Waals surface area contributed by atoms with Crippen molar-refractivity contribution >= 4 is 24.0 Å². The Labute approximate surface area is 134 Å². The number of nitrogens with zero attached hydrogens (tertiary/aromatic N) is 4. The summed E-state index contributed by atoms with van der Waals surface area (Å²) in [6.07, 6.45) is 1.45. The highest BCUT2D eigenvalue weighted by Crippen LogP contribution is 2.25. The first kappa shape index (κ1) is 17.9. The molecule has 2 unspecified atom stereocenters. The van der Waals surface area contributed by atoms with Gasteiger partial charge in [-0.3, -0.25) is 4.79 Å². The van der Waals surface area contributed by atoms with Gasteiger partial charge in [-0.25, -0.2) is 0 Å². The van der Waals surface area contributed by atoms with E-state index in [0.29, 0.717) is 17.1 Å². The van der Waals surface area contributed by atoms with Crippen LogP contribution in [-0.4, -0.2) is 39.3 Å². The number of amides is 1. The summed E-state index contributed by atoms with van der Waals surface area (Å²) in [6.45, 7) is 3.58. The van der Waals surface area contributed by atoms with Crippen molar-refractivity contribution in [3.63, 3.8) is 0 Å². The molecule has 2 atom stereocenters. The van der Waals surface area contributed by atoms with Crippen LogP contribution in [0.25, 0.3) is 5.69 Å². The maximum Gasteiger partial charge on any atom is 0.228 e. The lowest BCUT2D eigenvalue weighted by atomic mass is 10.0. The Morgan fingerprint density at radius 1 is 1.41 bits per heavy atom. The van der Waals surface area contributed by atoms with Gasteiger partial charge in [0.25, 0.3) is 0 Å². The number of aromatic nitrogens is 4. The number of tetrazole rings is 1. The van der Waals surface area contributed by atoms with Gasteiger partial charge in [-0.1, -0.05) is 6.92 Å². The number of methoxy groups -OCH3 is 1. The van der Waals surface area contributed by atoms with E-state index in [1.54, 1.807) is 39.2 Å². The quantitative estimate of drug-likeness (QED) is 0.849. The fourth-order valence-electron chi connectivity index (χ4n) is 1.71. The highest BCUT2D eigenvalue weighted by molar-refractivity contribution is 5.93. The average Bonchev–Trinajstić information content (AvgIpc) is 3.00. The Hall–Kier alpha value is -2.19. The number of anilines is 1. The smallest absolute Gasteiger partial charge is 0.228 e. The molecule has 0 saturated carbocycles. The Balaban J connectivity index is 0.00000242. The molecule has 120 valence electrons. The second-order valence-corrected chi connectivity index (χ2v) is 4.78. The minimum atomic E-state index is -0.288. The first-order chi connectivity index (χ1) is 10.0. The van der Waals surface area contributed by atoms with E-state index in [9.17, 15) is 4.79 Å². The molecule has 9 heteroatoms. The molecule has 2 rings (SSSR count). The second-order valence-electron chi connectivity index (χ2n) is 4.78. The topological polar surface area (TPSA) is 108 Å². The van der Waals surface area contributed by atoms with Crippen LogP contribution in [0.3, 0.4) is 0 Å². The van der Waals surface area contributed by atoms with Crippen LogP contribution in [0.5, 0.6) is 5.75 Å². The van der Waals surface area contributed by atoms with Crippen molar-refractivity contribution in [2.75, 3.05) is 12.4 Å². The Kier molecular flexibility index (Phi) is 6.26. The Morgan fingerprint density at radius 3 is 2.68 bits per heavy atom. The number of benzene rings is 1. The van der Waals surface area contributed by atoms with Gasteiger partial charge >= 0.3 is 0 Å². The second kappa shape index (κ2) is 7.71. The Morgan fingerprint density at radius 2 is 2.14 bits per heavy atom. The maximum atomic E-state index is 12.0. The standard InChI is InChI=1S/C13H18N6O2.ClH/c1-8(9(2)14)13(20)16-10-4-5-12(21-3)11(6-10)19-7-15-17-18-19;/h4-9H,14H2,1-3H3,(H,16,20);1H. The number of nitrogens with one attached hydrogen (secondary N) is 1. The van der Waals surface area contributed by atoms with Crippen LogP contribution in [0.2, 0.25) is 0 Å². The van der Waals surface area contributed by atoms with Gasteiger partial charge in [0.1, 0.15) is 17.8 Å². The maximum absolute atomic E-state index is 12.0. The van der Waals surface area contributed by atoms with Crippen LogP contribution in [0.4, 0.5) is 5.69 Å². The van der Waals surface area contributed by atoms with Crippen molar-refractivity contribution in [2.24, 2.45) is 11.7 Å². The average molecular weight is 327 g/mol. The molecular formula is C13H19ClN6O2. The number of halogens is 1. The summed E-state index contributed by atoms with van der Waals surface area (Å²) in [6, 6.07) is 5.00. The van der Waals surface area contributed by atoms with E-state index in [1.807, 2.05) is 0 Å². The molecule has 1 aromatic heterocycles. The summed E-state index contributed by atoms with van der Waals surface area (Å²) in [7, 11) is 1.56. The van der Waals surface area contributed by atoms with Crippen LogP contribution in [-0.2, 0) is 4.79 Å². The SMILES string of the molecule is COc1ccc(NC(=O)C(C)C(C)N)cc1-n1cnnn1.Cl. The highest BCUT2D eigenvalue weighted by Gasteiger charge is 2.18. The van der Waals surface area contributed by atoms with Crippen molar-refractivity contribution in [1.29, 1.82) is 0 Å². The third-order valence-electron chi connectivity index (χ3n) is 3.24. The van der Waals surface area contributed by atoms with Gasteiger partial charge in [0, 0.05) is 11.7 Å². The molecule has 0 spiro atoms. The van der Waals surface area contributed by atoms with E-state index >= 15 is 0 Å². The third kappa shape index (κ3) is 3.92. The first-order valence-electron chi connectivity index (χ1n) is 6.50. The molecular weight excluding hydrogens is 308 g/mol. The summed E-state index contributed by atoms with van der Waals surface area (Å²) in [4.78, 5) is 12.0. The molecule has 8 nitrogen and oxygen atoms in total. The summed E-state index contributed by atoms with van der Waals surface area (Å²) in [5.41, 5.74) is 6.99. The van der Waals surface area contributed by atoms with Gasteiger partial charge in [0.15, 0.2) is 0 Å². The van der Waals surface area contributed by atoms with Crippen molar-refractivity contribution < 1.29 is 9.53 Å². The van der Waals surface area contributed by atoms with Crippen molar-refractivity contribution in [3.8, 4) is 11.4 Å². The highest BCUT2D eigenvalue weighted by atomic mass is 35.5. The lowest BCUT2D eigenvalue weighted by Gasteiger charge is -2.16. The summed E-state index contributed by atoms with van der Waals surface area (Å²) in [5, 5.41) is 13.8. The zero-order valence-electron chi connectivity index (χ0n) is 12.6. The van der Waals surface area contributed by atoms with Gasteiger partial charge in [-0.2, -0.15) is 4.68 Å². The number of nitrogens with two attached hydrogens (primary N) is 1. The van der Waals surface area contributed by atoms with Gasteiger partial charge in [-0.15, -0.1) is 17.5 Å². The molecule has 1 heterocycles. The van der Waals surface area contributed by atoms with Crippen molar-refractivity contribution in [1.82, 2.24) is 20.2 Å². The van der Waals surface area contributed by atoms with Gasteiger partial charge < -0.3 is 15.8 Å². The summed E-state index contributed by atoms with van der Waals surface area (Å²) >= 11 is 0. The lowest BCUT2D eigenvalue weighted by Crippen LogP contribution is -2.34. The summed E-state index contributed by atoms with van der Waals surface area (Å²) in [5.74, 6) is 0.168. The largest absolute Gasteiger partial charge is 0.494 e. The summed E-state index contributed by atoms with van der Waals surface area (Å²) < 4.78 is 6.73. The molecule has 3 N–H and O–H groups in total.